The number of β-amino-alcohol motifs (C(OH)–C–C–N with tert-alkyl or cyclic N) is 1. The van der Waals surface area contributed by atoms with Gasteiger partial charge in [0.2, 0.25) is 5.91 Å². The van der Waals surface area contributed by atoms with Gasteiger partial charge >= 0.3 is 12.0 Å². The van der Waals surface area contributed by atoms with E-state index >= 15 is 0 Å². The van der Waals surface area contributed by atoms with Crippen molar-refractivity contribution < 1.29 is 24.6 Å². The molecule has 0 aliphatic carbocycles. The monoisotopic (exact) mass is 287 g/mol. The van der Waals surface area contributed by atoms with Crippen LogP contribution in [-0.4, -0.2) is 64.3 Å². The molecule has 4 N–H and O–H groups in total. The number of carboxylic acid groups (broad SMARTS) is 1. The summed E-state index contributed by atoms with van der Waals surface area (Å²) in [6.45, 7) is 3.77. The van der Waals surface area contributed by atoms with Gasteiger partial charge in [0.05, 0.1) is 6.10 Å². The molecule has 1 fully saturated rings. The van der Waals surface area contributed by atoms with Crippen molar-refractivity contribution in [2.45, 2.75) is 44.9 Å². The van der Waals surface area contributed by atoms with Crippen LogP contribution in [0.1, 0.15) is 26.7 Å². The summed E-state index contributed by atoms with van der Waals surface area (Å²) in [7, 11) is 0. The first-order valence-electron chi connectivity index (χ1n) is 6.56. The fourth-order valence-corrected chi connectivity index (χ4v) is 2.05. The number of aliphatic hydroxyl groups is 1. The normalized spacial score (nSPS) is 21.9. The molecule has 1 aliphatic heterocycles. The van der Waals surface area contributed by atoms with E-state index in [4.69, 9.17) is 5.11 Å². The minimum atomic E-state index is -1.14. The van der Waals surface area contributed by atoms with E-state index in [-0.39, 0.29) is 37.9 Å². The van der Waals surface area contributed by atoms with Gasteiger partial charge in [0.1, 0.15) is 6.04 Å². The van der Waals surface area contributed by atoms with E-state index in [2.05, 4.69) is 10.6 Å². The van der Waals surface area contributed by atoms with Crippen LogP contribution in [0.2, 0.25) is 0 Å². The Labute approximate surface area is 117 Å². The number of carbonyl (C=O) groups excluding carboxylic acids is 2. The second-order valence-electron chi connectivity index (χ2n) is 5.10. The van der Waals surface area contributed by atoms with Crippen molar-refractivity contribution in [1.82, 2.24) is 15.5 Å². The summed E-state index contributed by atoms with van der Waals surface area (Å²) in [5.74, 6) is -1.33. The Morgan fingerprint density at radius 1 is 1.35 bits per heavy atom. The van der Waals surface area contributed by atoms with Crippen LogP contribution in [0.15, 0.2) is 0 Å². The van der Waals surface area contributed by atoms with Crippen LogP contribution in [0, 0.1) is 0 Å². The van der Waals surface area contributed by atoms with Gasteiger partial charge in [-0.2, -0.15) is 0 Å². The zero-order chi connectivity index (χ0) is 15.3. The fraction of sp³-hybridized carbons (Fsp3) is 0.750. The van der Waals surface area contributed by atoms with E-state index in [9.17, 15) is 19.5 Å². The summed E-state index contributed by atoms with van der Waals surface area (Å²) in [5, 5.41) is 23.6. The molecule has 8 heteroatoms. The highest BCUT2D eigenvalue weighted by Gasteiger charge is 2.38. The Bertz CT molecular complexity index is 385. The molecular weight excluding hydrogens is 266 g/mol. The Balaban J connectivity index is 2.39. The van der Waals surface area contributed by atoms with Crippen molar-refractivity contribution in [3.8, 4) is 0 Å². The van der Waals surface area contributed by atoms with Gasteiger partial charge < -0.3 is 25.7 Å². The molecule has 8 nitrogen and oxygen atoms in total. The average Bonchev–Trinajstić information content (AvgIpc) is 2.70. The molecule has 0 aromatic carbocycles. The average molecular weight is 287 g/mol. The molecule has 20 heavy (non-hydrogen) atoms. The summed E-state index contributed by atoms with van der Waals surface area (Å²) in [6, 6.07) is -1.57. The van der Waals surface area contributed by atoms with Gasteiger partial charge in [0.15, 0.2) is 0 Å². The molecule has 0 aromatic heterocycles. The van der Waals surface area contributed by atoms with Gasteiger partial charge in [0, 0.05) is 32.0 Å². The Morgan fingerprint density at radius 2 is 2.00 bits per heavy atom. The summed E-state index contributed by atoms with van der Waals surface area (Å²) in [6.07, 6.45) is -0.680. The van der Waals surface area contributed by atoms with Crippen LogP contribution in [0.5, 0.6) is 0 Å². The maximum absolute atomic E-state index is 11.8. The van der Waals surface area contributed by atoms with Crippen molar-refractivity contribution in [3.63, 3.8) is 0 Å². The lowest BCUT2D eigenvalue weighted by atomic mass is 10.2. The largest absolute Gasteiger partial charge is 0.480 e. The lowest BCUT2D eigenvalue weighted by molar-refractivity contribution is -0.141. The number of amides is 3. The van der Waals surface area contributed by atoms with E-state index in [1.54, 1.807) is 0 Å². The van der Waals surface area contributed by atoms with Crippen LogP contribution in [0.25, 0.3) is 0 Å². The molecule has 3 amide bonds. The second kappa shape index (κ2) is 7.09. The van der Waals surface area contributed by atoms with Gasteiger partial charge in [-0.25, -0.2) is 9.59 Å². The fourth-order valence-electron chi connectivity index (χ4n) is 2.05. The van der Waals surface area contributed by atoms with E-state index < -0.39 is 24.1 Å². The third-order valence-electron chi connectivity index (χ3n) is 2.90. The molecule has 1 saturated heterocycles. The highest BCUT2D eigenvalue weighted by molar-refractivity contribution is 5.84. The molecule has 0 aromatic rings. The zero-order valence-corrected chi connectivity index (χ0v) is 11.6. The third-order valence-corrected chi connectivity index (χ3v) is 2.90. The topological polar surface area (TPSA) is 119 Å². The van der Waals surface area contributed by atoms with Crippen LogP contribution < -0.4 is 10.6 Å². The van der Waals surface area contributed by atoms with Gasteiger partial charge in [-0.05, 0) is 13.8 Å². The first-order chi connectivity index (χ1) is 9.31. The molecule has 1 rings (SSSR count). The van der Waals surface area contributed by atoms with E-state index in [1.165, 1.54) is 0 Å². The highest BCUT2D eigenvalue weighted by Crippen LogP contribution is 2.17. The first-order valence-corrected chi connectivity index (χ1v) is 6.56. The van der Waals surface area contributed by atoms with Crippen molar-refractivity contribution in [1.29, 1.82) is 0 Å². The number of rotatable bonds is 5. The van der Waals surface area contributed by atoms with E-state index in [1.807, 2.05) is 13.8 Å². The van der Waals surface area contributed by atoms with Crippen molar-refractivity contribution >= 4 is 17.9 Å². The Hall–Kier alpha value is -1.83. The summed E-state index contributed by atoms with van der Waals surface area (Å²) in [5.41, 5.74) is 0. The minimum absolute atomic E-state index is 0.0129. The summed E-state index contributed by atoms with van der Waals surface area (Å²) in [4.78, 5) is 35.2. The number of carboxylic acids is 1. The Morgan fingerprint density at radius 3 is 2.55 bits per heavy atom. The zero-order valence-electron chi connectivity index (χ0n) is 11.6. The first kappa shape index (κ1) is 16.2. The molecular formula is C12H21N3O5. The lowest BCUT2D eigenvalue weighted by Gasteiger charge is -2.21. The number of carbonyl (C=O) groups is 3. The minimum Gasteiger partial charge on any atom is -0.480 e. The summed E-state index contributed by atoms with van der Waals surface area (Å²) >= 11 is 0. The summed E-state index contributed by atoms with van der Waals surface area (Å²) < 4.78 is 0. The van der Waals surface area contributed by atoms with Gasteiger partial charge in [-0.1, -0.05) is 0 Å². The molecule has 2 atom stereocenters. The number of hydrogen-bond acceptors (Lipinski definition) is 4. The van der Waals surface area contributed by atoms with Gasteiger partial charge in [-0.15, -0.1) is 0 Å². The van der Waals surface area contributed by atoms with Crippen molar-refractivity contribution in [3.05, 3.63) is 0 Å². The molecule has 114 valence electrons. The number of urea groups is 1. The van der Waals surface area contributed by atoms with Gasteiger partial charge in [-0.3, -0.25) is 4.79 Å². The number of nitrogens with zero attached hydrogens (tertiary/aromatic N) is 1. The molecule has 1 heterocycles. The SMILES string of the molecule is CC(C)NC(=O)CCNC(=O)N1CC(O)CC1C(=O)O. The molecule has 2 unspecified atom stereocenters. The number of hydrogen-bond donors (Lipinski definition) is 4. The molecule has 1 aliphatic rings. The number of aliphatic hydroxyl groups excluding tert-OH is 1. The van der Waals surface area contributed by atoms with Crippen LogP contribution in [-0.2, 0) is 9.59 Å². The molecule has 0 saturated carbocycles. The molecule has 0 spiro atoms. The lowest BCUT2D eigenvalue weighted by Crippen LogP contribution is -2.47. The molecule has 0 bridgehead atoms. The van der Waals surface area contributed by atoms with Crippen LogP contribution in [0.3, 0.4) is 0 Å². The Kier molecular flexibility index (Phi) is 5.75. The van der Waals surface area contributed by atoms with Crippen molar-refractivity contribution in [2.75, 3.05) is 13.1 Å². The predicted molar refractivity (Wildman–Crippen MR) is 70.0 cm³/mol. The predicted octanol–water partition coefficient (Wildman–Crippen LogP) is -0.869. The number of aliphatic carboxylic acids is 1. The number of nitrogens with one attached hydrogen (secondary N) is 2. The van der Waals surface area contributed by atoms with Crippen LogP contribution in [0.4, 0.5) is 4.79 Å². The maximum Gasteiger partial charge on any atom is 0.326 e. The number of likely N-dealkylation sites (tertiary alicyclic amines) is 1. The van der Waals surface area contributed by atoms with Crippen molar-refractivity contribution in [2.24, 2.45) is 0 Å². The maximum atomic E-state index is 11.8. The van der Waals surface area contributed by atoms with Gasteiger partial charge in [0.25, 0.3) is 0 Å². The molecule has 0 radical (unpaired) electrons. The quantitative estimate of drug-likeness (QED) is 0.524. The van der Waals surface area contributed by atoms with E-state index in [0.717, 1.165) is 4.90 Å². The smallest absolute Gasteiger partial charge is 0.326 e. The standard InChI is InChI=1S/C12H21N3O5/c1-7(2)14-10(17)3-4-13-12(20)15-6-8(16)5-9(15)11(18)19/h7-9,16H,3-6H2,1-2H3,(H,13,20)(H,14,17)(H,18,19). The second-order valence-corrected chi connectivity index (χ2v) is 5.10. The van der Waals surface area contributed by atoms with Crippen LogP contribution >= 0.6 is 0 Å². The highest BCUT2D eigenvalue weighted by atomic mass is 16.4. The third kappa shape index (κ3) is 4.69. The van der Waals surface area contributed by atoms with E-state index in [0.29, 0.717) is 0 Å².